The van der Waals surface area contributed by atoms with Crippen LogP contribution >= 0.6 is 0 Å². The molecule has 1 N–H and O–H groups in total. The standard InChI is InChI=1S/C20H23FN2O2/c21-19-9-4-2-7-17(19)15-23-11-5-10-22(12-13-23)14-16-6-1-3-8-18(16)20(24)25/h1-4,6-9H,5,10-15H2,(H,24,25). The monoisotopic (exact) mass is 342 g/mol. The third kappa shape index (κ3) is 4.65. The first-order valence-corrected chi connectivity index (χ1v) is 8.63. The fourth-order valence-electron chi connectivity index (χ4n) is 3.32. The quantitative estimate of drug-likeness (QED) is 0.906. The second-order valence-corrected chi connectivity index (χ2v) is 6.46. The molecule has 0 bridgehead atoms. The van der Waals surface area contributed by atoms with Gasteiger partial charge in [0.05, 0.1) is 5.56 Å². The minimum atomic E-state index is -0.883. The number of carbonyl (C=O) groups is 1. The molecule has 0 unspecified atom stereocenters. The number of aromatic carboxylic acids is 1. The van der Waals surface area contributed by atoms with Crippen LogP contribution in [0.25, 0.3) is 0 Å². The lowest BCUT2D eigenvalue weighted by molar-refractivity contribution is 0.0694. The normalized spacial score (nSPS) is 16.5. The van der Waals surface area contributed by atoms with E-state index in [1.807, 2.05) is 24.3 Å². The molecule has 0 amide bonds. The van der Waals surface area contributed by atoms with Gasteiger partial charge in [0.2, 0.25) is 0 Å². The zero-order valence-corrected chi connectivity index (χ0v) is 14.2. The first kappa shape index (κ1) is 17.6. The van der Waals surface area contributed by atoms with Crippen LogP contribution in [-0.4, -0.2) is 47.1 Å². The zero-order chi connectivity index (χ0) is 17.6. The Morgan fingerprint density at radius 3 is 2.08 bits per heavy atom. The smallest absolute Gasteiger partial charge is 0.336 e. The summed E-state index contributed by atoms with van der Waals surface area (Å²) in [5, 5.41) is 9.32. The molecular weight excluding hydrogens is 319 g/mol. The van der Waals surface area contributed by atoms with Crippen LogP contribution in [0.1, 0.15) is 27.9 Å². The maximum absolute atomic E-state index is 13.8. The van der Waals surface area contributed by atoms with Crippen molar-refractivity contribution in [1.82, 2.24) is 9.80 Å². The van der Waals surface area contributed by atoms with Gasteiger partial charge in [-0.15, -0.1) is 0 Å². The molecule has 4 nitrogen and oxygen atoms in total. The van der Waals surface area contributed by atoms with E-state index in [0.29, 0.717) is 18.7 Å². The summed E-state index contributed by atoms with van der Waals surface area (Å²) in [5.41, 5.74) is 1.94. The second-order valence-electron chi connectivity index (χ2n) is 6.46. The van der Waals surface area contributed by atoms with E-state index in [9.17, 15) is 14.3 Å². The summed E-state index contributed by atoms with van der Waals surface area (Å²) in [6, 6.07) is 14.1. The lowest BCUT2D eigenvalue weighted by atomic mass is 10.1. The highest BCUT2D eigenvalue weighted by molar-refractivity contribution is 5.89. The summed E-state index contributed by atoms with van der Waals surface area (Å²) in [6.45, 7) is 4.79. The third-order valence-electron chi connectivity index (χ3n) is 4.67. The van der Waals surface area contributed by atoms with Gasteiger partial charge in [0.1, 0.15) is 5.82 Å². The van der Waals surface area contributed by atoms with Crippen molar-refractivity contribution in [2.45, 2.75) is 19.5 Å². The van der Waals surface area contributed by atoms with Gasteiger partial charge in [0.15, 0.2) is 0 Å². The van der Waals surface area contributed by atoms with Crippen molar-refractivity contribution in [3.63, 3.8) is 0 Å². The molecule has 2 aromatic rings. The highest BCUT2D eigenvalue weighted by Gasteiger charge is 2.18. The fourth-order valence-corrected chi connectivity index (χ4v) is 3.32. The molecule has 5 heteroatoms. The van der Waals surface area contributed by atoms with Gasteiger partial charge >= 0.3 is 5.97 Å². The largest absolute Gasteiger partial charge is 0.478 e. The van der Waals surface area contributed by atoms with Gasteiger partial charge in [0, 0.05) is 31.7 Å². The molecule has 1 aliphatic heterocycles. The Hall–Kier alpha value is -2.24. The van der Waals surface area contributed by atoms with Crippen molar-refractivity contribution < 1.29 is 14.3 Å². The summed E-state index contributed by atoms with van der Waals surface area (Å²) < 4.78 is 13.8. The van der Waals surface area contributed by atoms with E-state index in [1.54, 1.807) is 18.2 Å². The molecule has 132 valence electrons. The van der Waals surface area contributed by atoms with Gasteiger partial charge in [-0.3, -0.25) is 9.80 Å². The van der Waals surface area contributed by atoms with Gasteiger partial charge < -0.3 is 5.11 Å². The highest BCUT2D eigenvalue weighted by Crippen LogP contribution is 2.16. The number of halogens is 1. The minimum absolute atomic E-state index is 0.154. The average molecular weight is 342 g/mol. The number of rotatable bonds is 5. The van der Waals surface area contributed by atoms with Crippen LogP contribution in [0.4, 0.5) is 4.39 Å². The molecule has 3 rings (SSSR count). The Morgan fingerprint density at radius 2 is 1.44 bits per heavy atom. The number of nitrogens with zero attached hydrogens (tertiary/aromatic N) is 2. The second kappa shape index (κ2) is 8.23. The van der Waals surface area contributed by atoms with Crippen LogP contribution < -0.4 is 0 Å². The van der Waals surface area contributed by atoms with Gasteiger partial charge in [-0.25, -0.2) is 9.18 Å². The SMILES string of the molecule is O=C(O)c1ccccc1CN1CCCN(Cc2ccccc2F)CC1. The number of hydrogen-bond acceptors (Lipinski definition) is 3. The number of benzene rings is 2. The van der Waals surface area contributed by atoms with Crippen molar-refractivity contribution in [3.8, 4) is 0 Å². The van der Waals surface area contributed by atoms with Crippen molar-refractivity contribution in [2.24, 2.45) is 0 Å². The Balaban J connectivity index is 1.61. The molecule has 1 heterocycles. The van der Waals surface area contributed by atoms with Gasteiger partial charge in [-0.1, -0.05) is 36.4 Å². The fraction of sp³-hybridized carbons (Fsp3) is 0.350. The number of carboxylic acid groups (broad SMARTS) is 1. The molecule has 1 saturated heterocycles. The Kier molecular flexibility index (Phi) is 5.79. The molecule has 0 spiro atoms. The van der Waals surface area contributed by atoms with E-state index in [2.05, 4.69) is 9.80 Å². The average Bonchev–Trinajstić information content (AvgIpc) is 2.83. The molecule has 0 aliphatic carbocycles. The number of carboxylic acids is 1. The van der Waals surface area contributed by atoms with Crippen LogP contribution in [0.15, 0.2) is 48.5 Å². The van der Waals surface area contributed by atoms with E-state index in [1.165, 1.54) is 6.07 Å². The summed E-state index contributed by atoms with van der Waals surface area (Å²) in [5.74, 6) is -1.04. The van der Waals surface area contributed by atoms with Crippen LogP contribution in [0, 0.1) is 5.82 Å². The van der Waals surface area contributed by atoms with Crippen LogP contribution in [0.3, 0.4) is 0 Å². The molecular formula is C20H23FN2O2. The predicted octanol–water partition coefficient (Wildman–Crippen LogP) is 3.23. The molecule has 0 radical (unpaired) electrons. The molecule has 1 aliphatic rings. The maximum Gasteiger partial charge on any atom is 0.336 e. The summed E-state index contributed by atoms with van der Waals surface area (Å²) in [7, 11) is 0. The topological polar surface area (TPSA) is 43.8 Å². The molecule has 2 aromatic carbocycles. The minimum Gasteiger partial charge on any atom is -0.478 e. The van der Waals surface area contributed by atoms with Gasteiger partial charge in [-0.05, 0) is 37.2 Å². The summed E-state index contributed by atoms with van der Waals surface area (Å²) in [6.07, 6.45) is 0.990. The molecule has 0 saturated carbocycles. The lowest BCUT2D eigenvalue weighted by Gasteiger charge is -2.22. The summed E-state index contributed by atoms with van der Waals surface area (Å²) >= 11 is 0. The van der Waals surface area contributed by atoms with Crippen molar-refractivity contribution in [1.29, 1.82) is 0 Å². The van der Waals surface area contributed by atoms with E-state index in [4.69, 9.17) is 0 Å². The van der Waals surface area contributed by atoms with E-state index in [-0.39, 0.29) is 5.82 Å². The third-order valence-corrected chi connectivity index (χ3v) is 4.67. The molecule has 25 heavy (non-hydrogen) atoms. The van der Waals surface area contributed by atoms with E-state index < -0.39 is 5.97 Å². The Bertz CT molecular complexity index is 735. The van der Waals surface area contributed by atoms with Crippen LogP contribution in [-0.2, 0) is 13.1 Å². The number of hydrogen-bond donors (Lipinski definition) is 1. The summed E-state index contributed by atoms with van der Waals surface area (Å²) in [4.78, 5) is 15.9. The Labute approximate surface area is 147 Å². The van der Waals surface area contributed by atoms with Crippen LogP contribution in [0.5, 0.6) is 0 Å². The maximum atomic E-state index is 13.8. The van der Waals surface area contributed by atoms with Crippen molar-refractivity contribution in [3.05, 3.63) is 71.0 Å². The molecule has 1 fully saturated rings. The van der Waals surface area contributed by atoms with Crippen LogP contribution in [0.2, 0.25) is 0 Å². The zero-order valence-electron chi connectivity index (χ0n) is 14.2. The van der Waals surface area contributed by atoms with Crippen molar-refractivity contribution >= 4 is 5.97 Å². The first-order chi connectivity index (χ1) is 12.1. The lowest BCUT2D eigenvalue weighted by Crippen LogP contribution is -2.30. The molecule has 0 atom stereocenters. The first-order valence-electron chi connectivity index (χ1n) is 8.63. The van der Waals surface area contributed by atoms with Gasteiger partial charge in [-0.2, -0.15) is 0 Å². The van der Waals surface area contributed by atoms with Gasteiger partial charge in [0.25, 0.3) is 0 Å². The highest BCUT2D eigenvalue weighted by atomic mass is 19.1. The van der Waals surface area contributed by atoms with E-state index in [0.717, 1.165) is 43.7 Å². The Morgan fingerprint density at radius 1 is 0.880 bits per heavy atom. The predicted molar refractivity (Wildman–Crippen MR) is 95.0 cm³/mol. The van der Waals surface area contributed by atoms with E-state index >= 15 is 0 Å². The van der Waals surface area contributed by atoms with Crippen molar-refractivity contribution in [2.75, 3.05) is 26.2 Å². The molecule has 0 aromatic heterocycles.